The molecule has 3 heteroatoms. The van der Waals surface area contributed by atoms with Gasteiger partial charge in [-0.05, 0) is 44.4 Å². The summed E-state index contributed by atoms with van der Waals surface area (Å²) in [7, 11) is 0. The zero-order valence-electron chi connectivity index (χ0n) is 10.7. The van der Waals surface area contributed by atoms with Gasteiger partial charge in [-0.15, -0.1) is 0 Å². The van der Waals surface area contributed by atoms with Crippen molar-refractivity contribution in [3.8, 4) is 5.75 Å². The van der Waals surface area contributed by atoms with Crippen molar-refractivity contribution >= 4 is 0 Å². The van der Waals surface area contributed by atoms with Gasteiger partial charge < -0.3 is 5.11 Å². The Morgan fingerprint density at radius 2 is 2.12 bits per heavy atom. The molecule has 1 aliphatic rings. The first-order valence-corrected chi connectivity index (χ1v) is 6.23. The minimum Gasteiger partial charge on any atom is -0.508 e. The molecule has 1 aromatic rings. The summed E-state index contributed by atoms with van der Waals surface area (Å²) in [5.74, 6) is 0.568. The number of nitrogens with zero attached hydrogens (tertiary/aromatic N) is 1. The van der Waals surface area contributed by atoms with Gasteiger partial charge in [0.2, 0.25) is 0 Å². The van der Waals surface area contributed by atoms with E-state index < -0.39 is 0 Å². The normalized spacial score (nSPS) is 27.3. The highest BCUT2D eigenvalue weighted by atomic mass is 19.1. The first-order valence-electron chi connectivity index (χ1n) is 6.23. The van der Waals surface area contributed by atoms with E-state index in [4.69, 9.17) is 0 Å². The van der Waals surface area contributed by atoms with Crippen LogP contribution in [0.1, 0.15) is 38.8 Å². The zero-order chi connectivity index (χ0) is 12.6. The molecule has 0 spiro atoms. The zero-order valence-corrected chi connectivity index (χ0v) is 10.7. The number of rotatable bonds is 2. The van der Waals surface area contributed by atoms with Crippen LogP contribution in [-0.2, 0) is 0 Å². The first-order chi connectivity index (χ1) is 7.99. The van der Waals surface area contributed by atoms with E-state index >= 15 is 0 Å². The number of likely N-dealkylation sites (tertiary alicyclic amines) is 1. The highest BCUT2D eigenvalue weighted by Crippen LogP contribution is 2.35. The van der Waals surface area contributed by atoms with Gasteiger partial charge in [0.05, 0.1) is 0 Å². The molecule has 3 unspecified atom stereocenters. The summed E-state index contributed by atoms with van der Waals surface area (Å²) in [5.41, 5.74) is 0.686. The third kappa shape index (κ3) is 2.44. The molecule has 0 bridgehead atoms. The molecule has 0 radical (unpaired) electrons. The Hall–Kier alpha value is -1.09. The maximum atomic E-state index is 13.2. The number of hydrogen-bond donors (Lipinski definition) is 1. The molecule has 1 heterocycles. The largest absolute Gasteiger partial charge is 0.508 e. The smallest absolute Gasteiger partial charge is 0.123 e. The monoisotopic (exact) mass is 237 g/mol. The van der Waals surface area contributed by atoms with Gasteiger partial charge >= 0.3 is 0 Å². The van der Waals surface area contributed by atoms with Crippen molar-refractivity contribution in [3.63, 3.8) is 0 Å². The fourth-order valence-electron chi connectivity index (χ4n) is 2.91. The quantitative estimate of drug-likeness (QED) is 0.853. The first kappa shape index (κ1) is 12.4. The average Bonchev–Trinajstić information content (AvgIpc) is 2.60. The highest BCUT2D eigenvalue weighted by molar-refractivity contribution is 5.35. The van der Waals surface area contributed by atoms with Gasteiger partial charge in [-0.1, -0.05) is 6.92 Å². The lowest BCUT2D eigenvalue weighted by molar-refractivity contribution is 0.197. The summed E-state index contributed by atoms with van der Waals surface area (Å²) in [6.45, 7) is 7.46. The fourth-order valence-corrected chi connectivity index (χ4v) is 2.91. The van der Waals surface area contributed by atoms with Crippen LogP contribution >= 0.6 is 0 Å². The third-order valence-electron chi connectivity index (χ3n) is 3.77. The van der Waals surface area contributed by atoms with Crippen LogP contribution in [0.15, 0.2) is 18.2 Å². The lowest BCUT2D eigenvalue weighted by Gasteiger charge is -2.29. The average molecular weight is 237 g/mol. The summed E-state index contributed by atoms with van der Waals surface area (Å²) in [6.07, 6.45) is 1.17. The van der Waals surface area contributed by atoms with E-state index in [1.165, 1.54) is 24.6 Å². The van der Waals surface area contributed by atoms with Crippen molar-refractivity contribution in [2.75, 3.05) is 6.54 Å². The van der Waals surface area contributed by atoms with Gasteiger partial charge in [-0.25, -0.2) is 4.39 Å². The molecule has 3 atom stereocenters. The van der Waals surface area contributed by atoms with E-state index in [1.807, 2.05) is 6.92 Å². The molecule has 94 valence electrons. The Labute approximate surface area is 102 Å². The Kier molecular flexibility index (Phi) is 3.38. The number of aromatic hydroxyl groups is 1. The minimum atomic E-state index is -0.287. The summed E-state index contributed by atoms with van der Waals surface area (Å²) in [5, 5.41) is 9.82. The van der Waals surface area contributed by atoms with Crippen molar-refractivity contribution in [2.45, 2.75) is 39.3 Å². The van der Waals surface area contributed by atoms with E-state index in [0.29, 0.717) is 17.5 Å². The van der Waals surface area contributed by atoms with E-state index in [2.05, 4.69) is 18.7 Å². The van der Waals surface area contributed by atoms with E-state index in [0.717, 1.165) is 6.54 Å². The second-order valence-electron chi connectivity index (χ2n) is 5.27. The molecule has 0 aromatic heterocycles. The lowest BCUT2D eigenvalue weighted by Crippen LogP contribution is -2.30. The fraction of sp³-hybridized carbons (Fsp3) is 0.571. The molecule has 1 fully saturated rings. The molecular formula is C14H20FNO. The molecule has 17 heavy (non-hydrogen) atoms. The molecule has 1 aliphatic heterocycles. The molecule has 0 amide bonds. The van der Waals surface area contributed by atoms with Crippen molar-refractivity contribution in [3.05, 3.63) is 29.6 Å². The van der Waals surface area contributed by atoms with Crippen LogP contribution in [0.5, 0.6) is 5.75 Å². The van der Waals surface area contributed by atoms with Gasteiger partial charge in [0.25, 0.3) is 0 Å². The van der Waals surface area contributed by atoms with Gasteiger partial charge in [-0.2, -0.15) is 0 Å². The summed E-state index contributed by atoms with van der Waals surface area (Å²) in [6, 6.07) is 4.72. The predicted octanol–water partition coefficient (Wildman–Crippen LogP) is 3.32. The summed E-state index contributed by atoms with van der Waals surface area (Å²) >= 11 is 0. The summed E-state index contributed by atoms with van der Waals surface area (Å²) in [4.78, 5) is 2.33. The maximum absolute atomic E-state index is 13.2. The Bertz CT molecular complexity index is 407. The molecule has 0 aliphatic carbocycles. The molecular weight excluding hydrogens is 217 g/mol. The van der Waals surface area contributed by atoms with Gasteiger partial charge in [-0.3, -0.25) is 4.90 Å². The van der Waals surface area contributed by atoms with Crippen LogP contribution in [0.4, 0.5) is 4.39 Å². The predicted molar refractivity (Wildman–Crippen MR) is 66.4 cm³/mol. The number of halogens is 1. The van der Waals surface area contributed by atoms with Crippen molar-refractivity contribution in [2.24, 2.45) is 5.92 Å². The van der Waals surface area contributed by atoms with Gasteiger partial charge in [0.15, 0.2) is 0 Å². The Balaban J connectivity index is 2.24. The minimum absolute atomic E-state index is 0.0608. The maximum Gasteiger partial charge on any atom is 0.123 e. The molecule has 2 rings (SSSR count). The van der Waals surface area contributed by atoms with Crippen LogP contribution in [-0.4, -0.2) is 22.6 Å². The lowest BCUT2D eigenvalue weighted by atomic mass is 10.0. The molecule has 1 aromatic carbocycles. The molecule has 2 nitrogen and oxygen atoms in total. The van der Waals surface area contributed by atoms with E-state index in [9.17, 15) is 9.50 Å². The number of hydrogen-bond acceptors (Lipinski definition) is 2. The van der Waals surface area contributed by atoms with Crippen LogP contribution in [0.3, 0.4) is 0 Å². The van der Waals surface area contributed by atoms with Crippen LogP contribution < -0.4 is 0 Å². The second-order valence-corrected chi connectivity index (χ2v) is 5.27. The van der Waals surface area contributed by atoms with Crippen molar-refractivity contribution in [1.29, 1.82) is 0 Å². The highest BCUT2D eigenvalue weighted by Gasteiger charge is 2.31. The van der Waals surface area contributed by atoms with Crippen molar-refractivity contribution in [1.82, 2.24) is 4.90 Å². The number of phenolic OH excluding ortho intramolecular Hbond substituents is 1. The standard InChI is InChI=1S/C14H20FNO/c1-9-6-10(2)16(8-9)11(3)13-7-12(15)4-5-14(13)17/h4-5,7,9-11,17H,6,8H2,1-3H3. The van der Waals surface area contributed by atoms with Gasteiger partial charge in [0, 0.05) is 24.2 Å². The third-order valence-corrected chi connectivity index (χ3v) is 3.77. The van der Waals surface area contributed by atoms with Crippen LogP contribution in [0.25, 0.3) is 0 Å². The summed E-state index contributed by atoms with van der Waals surface area (Å²) < 4.78 is 13.2. The van der Waals surface area contributed by atoms with Crippen molar-refractivity contribution < 1.29 is 9.50 Å². The molecule has 1 saturated heterocycles. The second kappa shape index (κ2) is 4.65. The number of phenols is 1. The SMILES string of the molecule is CC1CC(C)N(C(C)c2cc(F)ccc2O)C1. The molecule has 1 N–H and O–H groups in total. The van der Waals surface area contributed by atoms with E-state index in [1.54, 1.807) is 0 Å². The van der Waals surface area contributed by atoms with E-state index in [-0.39, 0.29) is 17.6 Å². The molecule has 0 saturated carbocycles. The topological polar surface area (TPSA) is 23.5 Å². The van der Waals surface area contributed by atoms with Crippen LogP contribution in [0, 0.1) is 11.7 Å². The van der Waals surface area contributed by atoms with Crippen LogP contribution in [0.2, 0.25) is 0 Å². The Morgan fingerprint density at radius 3 is 2.71 bits per heavy atom. The Morgan fingerprint density at radius 1 is 1.41 bits per heavy atom. The van der Waals surface area contributed by atoms with Gasteiger partial charge in [0.1, 0.15) is 11.6 Å². The number of benzene rings is 1.